The van der Waals surface area contributed by atoms with Crippen molar-refractivity contribution in [2.75, 3.05) is 0 Å². The number of fused-ring (bicyclic) bond motifs is 1. The normalized spacial score (nSPS) is 10.6. The molecule has 1 aromatic carbocycles. The van der Waals surface area contributed by atoms with Crippen molar-refractivity contribution < 1.29 is 0 Å². The Hall–Kier alpha value is -2.29. The van der Waals surface area contributed by atoms with Gasteiger partial charge in [0.05, 0.1) is 11.7 Å². The highest BCUT2D eigenvalue weighted by atomic mass is 15.1. The summed E-state index contributed by atoms with van der Waals surface area (Å²) >= 11 is 0. The Labute approximate surface area is 99.2 Å². The van der Waals surface area contributed by atoms with Crippen LogP contribution in [0.25, 0.3) is 22.2 Å². The van der Waals surface area contributed by atoms with Crippen molar-refractivity contribution in [2.45, 2.75) is 6.92 Å². The van der Waals surface area contributed by atoms with E-state index in [4.69, 9.17) is 0 Å². The zero-order valence-electron chi connectivity index (χ0n) is 9.46. The van der Waals surface area contributed by atoms with E-state index in [1.54, 1.807) is 12.4 Å². The lowest BCUT2D eigenvalue weighted by Gasteiger charge is -2.03. The molecule has 17 heavy (non-hydrogen) atoms. The van der Waals surface area contributed by atoms with Crippen LogP contribution in [0.1, 0.15) is 5.56 Å². The largest absolute Gasteiger partial charge is 0.254 e. The molecule has 3 heteroatoms. The van der Waals surface area contributed by atoms with Crippen molar-refractivity contribution in [2.24, 2.45) is 0 Å². The minimum atomic E-state index is 0.836. The number of aromatic nitrogens is 3. The lowest BCUT2D eigenvalue weighted by atomic mass is 10.1. The standard InChI is InChI=1S/C14H11N3/c1-10-4-6-11(7-5-10)14-13-12(9-16-17-14)3-2-8-15-13/h2-9H,1H3. The molecule has 0 atom stereocenters. The van der Waals surface area contributed by atoms with Crippen LogP contribution in [-0.4, -0.2) is 15.2 Å². The van der Waals surface area contributed by atoms with E-state index >= 15 is 0 Å². The number of rotatable bonds is 1. The first-order chi connectivity index (χ1) is 8.34. The van der Waals surface area contributed by atoms with E-state index < -0.39 is 0 Å². The Bertz CT molecular complexity index is 654. The zero-order valence-corrected chi connectivity index (χ0v) is 9.46. The van der Waals surface area contributed by atoms with Crippen LogP contribution in [0.5, 0.6) is 0 Å². The monoisotopic (exact) mass is 221 g/mol. The molecule has 0 aliphatic carbocycles. The van der Waals surface area contributed by atoms with Gasteiger partial charge in [0, 0.05) is 17.1 Å². The summed E-state index contributed by atoms with van der Waals surface area (Å²) in [6.45, 7) is 2.07. The highest BCUT2D eigenvalue weighted by molar-refractivity contribution is 5.90. The second-order valence-electron chi connectivity index (χ2n) is 4.00. The molecule has 0 unspecified atom stereocenters. The SMILES string of the molecule is Cc1ccc(-c2nncc3cccnc23)cc1. The van der Waals surface area contributed by atoms with Gasteiger partial charge in [-0.25, -0.2) is 0 Å². The molecule has 2 aromatic heterocycles. The number of benzene rings is 1. The summed E-state index contributed by atoms with van der Waals surface area (Å²) in [6, 6.07) is 12.1. The van der Waals surface area contributed by atoms with Gasteiger partial charge in [0.25, 0.3) is 0 Å². The maximum atomic E-state index is 4.38. The first-order valence-electron chi connectivity index (χ1n) is 5.48. The minimum Gasteiger partial charge on any atom is -0.254 e. The van der Waals surface area contributed by atoms with Crippen LogP contribution < -0.4 is 0 Å². The first-order valence-corrected chi connectivity index (χ1v) is 5.48. The summed E-state index contributed by atoms with van der Waals surface area (Å²) in [5, 5.41) is 9.23. The molecule has 0 fully saturated rings. The van der Waals surface area contributed by atoms with E-state index in [0.717, 1.165) is 22.2 Å². The van der Waals surface area contributed by atoms with Crippen LogP contribution in [-0.2, 0) is 0 Å². The molecule has 0 N–H and O–H groups in total. The summed E-state index contributed by atoms with van der Waals surface area (Å²) in [5.74, 6) is 0. The van der Waals surface area contributed by atoms with Crippen LogP contribution in [0.15, 0.2) is 48.8 Å². The quantitative estimate of drug-likeness (QED) is 0.634. The van der Waals surface area contributed by atoms with E-state index in [1.807, 2.05) is 24.3 Å². The van der Waals surface area contributed by atoms with Gasteiger partial charge in [0.1, 0.15) is 5.69 Å². The predicted octanol–water partition coefficient (Wildman–Crippen LogP) is 3.00. The Kier molecular flexibility index (Phi) is 2.29. The summed E-state index contributed by atoms with van der Waals surface area (Å²) in [6.07, 6.45) is 3.52. The molecule has 0 amide bonds. The fourth-order valence-electron chi connectivity index (χ4n) is 1.82. The van der Waals surface area contributed by atoms with Gasteiger partial charge in [-0.1, -0.05) is 29.8 Å². The average molecular weight is 221 g/mol. The van der Waals surface area contributed by atoms with Gasteiger partial charge in [0.15, 0.2) is 0 Å². The van der Waals surface area contributed by atoms with E-state index in [1.165, 1.54) is 5.56 Å². The summed E-state index contributed by atoms with van der Waals surface area (Å²) < 4.78 is 0. The second kappa shape index (κ2) is 3.94. The fourth-order valence-corrected chi connectivity index (χ4v) is 1.82. The summed E-state index contributed by atoms with van der Waals surface area (Å²) in [7, 11) is 0. The molecule has 3 aromatic rings. The fraction of sp³-hybridized carbons (Fsp3) is 0.0714. The second-order valence-corrected chi connectivity index (χ2v) is 4.00. The van der Waals surface area contributed by atoms with E-state index in [2.05, 4.69) is 34.2 Å². The number of pyridine rings is 1. The van der Waals surface area contributed by atoms with Crippen molar-refractivity contribution >= 4 is 10.9 Å². The molecule has 0 aliphatic rings. The number of hydrogen-bond acceptors (Lipinski definition) is 3. The molecule has 0 saturated carbocycles. The maximum absolute atomic E-state index is 4.38. The molecule has 3 nitrogen and oxygen atoms in total. The average Bonchev–Trinajstić information content (AvgIpc) is 2.39. The molecule has 0 saturated heterocycles. The van der Waals surface area contributed by atoms with Gasteiger partial charge in [-0.2, -0.15) is 5.10 Å². The van der Waals surface area contributed by atoms with Gasteiger partial charge >= 0.3 is 0 Å². The Balaban J connectivity index is 2.27. The van der Waals surface area contributed by atoms with E-state index in [-0.39, 0.29) is 0 Å². The van der Waals surface area contributed by atoms with Crippen LogP contribution in [0.2, 0.25) is 0 Å². The van der Waals surface area contributed by atoms with Crippen LogP contribution in [0.3, 0.4) is 0 Å². The van der Waals surface area contributed by atoms with Crippen molar-refractivity contribution in [3.8, 4) is 11.3 Å². The molecular formula is C14H11N3. The Morgan fingerprint density at radius 3 is 2.65 bits per heavy atom. The van der Waals surface area contributed by atoms with Crippen molar-refractivity contribution in [1.29, 1.82) is 0 Å². The molecule has 0 bridgehead atoms. The predicted molar refractivity (Wildman–Crippen MR) is 67.5 cm³/mol. The molecule has 82 valence electrons. The third-order valence-electron chi connectivity index (χ3n) is 2.74. The van der Waals surface area contributed by atoms with E-state index in [9.17, 15) is 0 Å². The number of hydrogen-bond donors (Lipinski definition) is 0. The lowest BCUT2D eigenvalue weighted by Crippen LogP contribution is -1.91. The van der Waals surface area contributed by atoms with Gasteiger partial charge in [0.2, 0.25) is 0 Å². The minimum absolute atomic E-state index is 0.836. The topological polar surface area (TPSA) is 38.7 Å². The van der Waals surface area contributed by atoms with Crippen LogP contribution in [0.4, 0.5) is 0 Å². The molecule has 0 radical (unpaired) electrons. The number of nitrogens with zero attached hydrogens (tertiary/aromatic N) is 3. The number of aryl methyl sites for hydroxylation is 1. The molecule has 0 spiro atoms. The van der Waals surface area contributed by atoms with E-state index in [0.29, 0.717) is 0 Å². The smallest absolute Gasteiger partial charge is 0.119 e. The molecule has 3 rings (SSSR count). The first kappa shape index (κ1) is 9.90. The zero-order chi connectivity index (χ0) is 11.7. The van der Waals surface area contributed by atoms with Gasteiger partial charge in [-0.3, -0.25) is 4.98 Å². The lowest BCUT2D eigenvalue weighted by molar-refractivity contribution is 1.05. The highest BCUT2D eigenvalue weighted by Gasteiger charge is 2.06. The van der Waals surface area contributed by atoms with Crippen molar-refractivity contribution in [3.05, 3.63) is 54.4 Å². The molecule has 2 heterocycles. The summed E-state index contributed by atoms with van der Waals surface area (Å²) in [4.78, 5) is 4.38. The van der Waals surface area contributed by atoms with Gasteiger partial charge < -0.3 is 0 Å². The molecular weight excluding hydrogens is 210 g/mol. The summed E-state index contributed by atoms with van der Waals surface area (Å²) in [5.41, 5.74) is 4.01. The van der Waals surface area contributed by atoms with Crippen LogP contribution in [0, 0.1) is 6.92 Å². The Morgan fingerprint density at radius 2 is 1.82 bits per heavy atom. The Morgan fingerprint density at radius 1 is 1.00 bits per heavy atom. The maximum Gasteiger partial charge on any atom is 0.119 e. The van der Waals surface area contributed by atoms with Crippen molar-refractivity contribution in [3.63, 3.8) is 0 Å². The van der Waals surface area contributed by atoms with Crippen molar-refractivity contribution in [1.82, 2.24) is 15.2 Å². The highest BCUT2D eigenvalue weighted by Crippen LogP contribution is 2.23. The van der Waals surface area contributed by atoms with Gasteiger partial charge in [-0.05, 0) is 19.1 Å². The molecule has 0 aliphatic heterocycles. The third kappa shape index (κ3) is 1.76. The van der Waals surface area contributed by atoms with Crippen LogP contribution >= 0.6 is 0 Å². The van der Waals surface area contributed by atoms with Gasteiger partial charge in [-0.15, -0.1) is 5.10 Å². The third-order valence-corrected chi connectivity index (χ3v) is 2.74.